The van der Waals surface area contributed by atoms with Crippen LogP contribution >= 0.6 is 11.3 Å². The second-order valence-corrected chi connectivity index (χ2v) is 4.69. The minimum atomic E-state index is 0.361. The molecular formula is C13H12N2O2S. The first-order valence-corrected chi connectivity index (χ1v) is 6.18. The minimum Gasteiger partial charge on any atom is -0.497 e. The van der Waals surface area contributed by atoms with Crippen molar-refractivity contribution in [3.63, 3.8) is 0 Å². The summed E-state index contributed by atoms with van der Waals surface area (Å²) in [5.74, 6) is 1.47. The summed E-state index contributed by atoms with van der Waals surface area (Å²) in [4.78, 5) is 4.92. The van der Waals surface area contributed by atoms with Gasteiger partial charge in [-0.2, -0.15) is 5.26 Å². The van der Waals surface area contributed by atoms with Crippen LogP contribution in [0.15, 0.2) is 24.3 Å². The second-order valence-electron chi connectivity index (χ2n) is 3.60. The summed E-state index contributed by atoms with van der Waals surface area (Å²) < 4.78 is 10.7. The first-order valence-electron chi connectivity index (χ1n) is 5.36. The van der Waals surface area contributed by atoms with Gasteiger partial charge in [-0.15, -0.1) is 11.3 Å². The molecule has 1 heterocycles. The number of rotatable bonds is 4. The Labute approximate surface area is 109 Å². The average molecular weight is 260 g/mol. The van der Waals surface area contributed by atoms with Crippen LogP contribution in [0, 0.1) is 18.3 Å². The van der Waals surface area contributed by atoms with Crippen molar-refractivity contribution in [2.45, 2.75) is 13.5 Å². The number of aromatic nitrogens is 1. The number of nitriles is 1. The Bertz CT molecular complexity index is 587. The number of hydrogen-bond donors (Lipinski definition) is 0. The van der Waals surface area contributed by atoms with E-state index >= 15 is 0 Å². The molecule has 0 aliphatic carbocycles. The van der Waals surface area contributed by atoms with Crippen molar-refractivity contribution in [1.29, 1.82) is 5.26 Å². The molecule has 0 radical (unpaired) electrons. The largest absolute Gasteiger partial charge is 0.497 e. The van der Waals surface area contributed by atoms with Crippen LogP contribution < -0.4 is 9.47 Å². The second kappa shape index (κ2) is 5.52. The topological polar surface area (TPSA) is 55.1 Å². The highest BCUT2D eigenvalue weighted by Crippen LogP contribution is 2.22. The molecular weight excluding hydrogens is 248 g/mol. The smallest absolute Gasteiger partial charge is 0.140 e. The minimum absolute atomic E-state index is 0.361. The van der Waals surface area contributed by atoms with E-state index in [1.165, 1.54) is 11.3 Å². The van der Waals surface area contributed by atoms with E-state index in [0.717, 1.165) is 22.2 Å². The van der Waals surface area contributed by atoms with Gasteiger partial charge in [0, 0.05) is 6.07 Å². The lowest BCUT2D eigenvalue weighted by molar-refractivity contribution is 0.303. The Morgan fingerprint density at radius 3 is 2.83 bits per heavy atom. The van der Waals surface area contributed by atoms with Crippen LogP contribution in [0.25, 0.3) is 0 Å². The molecule has 2 aromatic rings. The van der Waals surface area contributed by atoms with E-state index in [1.807, 2.05) is 31.2 Å². The van der Waals surface area contributed by atoms with Gasteiger partial charge in [0.25, 0.3) is 0 Å². The molecule has 18 heavy (non-hydrogen) atoms. The van der Waals surface area contributed by atoms with Crippen molar-refractivity contribution in [2.24, 2.45) is 0 Å². The van der Waals surface area contributed by atoms with E-state index in [9.17, 15) is 0 Å². The van der Waals surface area contributed by atoms with Gasteiger partial charge in [-0.25, -0.2) is 4.98 Å². The van der Waals surface area contributed by atoms with Crippen LogP contribution in [-0.4, -0.2) is 12.1 Å². The molecule has 0 N–H and O–H groups in total. The number of ether oxygens (including phenoxy) is 2. The molecule has 0 aliphatic heterocycles. The monoisotopic (exact) mass is 260 g/mol. The highest BCUT2D eigenvalue weighted by Gasteiger charge is 2.07. The lowest BCUT2D eigenvalue weighted by Crippen LogP contribution is -1.95. The van der Waals surface area contributed by atoms with Crippen molar-refractivity contribution in [1.82, 2.24) is 4.98 Å². The molecule has 0 bridgehead atoms. The summed E-state index contributed by atoms with van der Waals surface area (Å²) in [7, 11) is 1.61. The van der Waals surface area contributed by atoms with Gasteiger partial charge in [-0.1, -0.05) is 6.07 Å². The summed E-state index contributed by atoms with van der Waals surface area (Å²) in [5, 5.41) is 9.65. The molecule has 0 aliphatic rings. The first kappa shape index (κ1) is 12.4. The Kier molecular flexibility index (Phi) is 3.80. The first-order chi connectivity index (χ1) is 8.72. The van der Waals surface area contributed by atoms with E-state index in [0.29, 0.717) is 11.5 Å². The summed E-state index contributed by atoms with van der Waals surface area (Å²) in [5.41, 5.74) is 0.756. The Morgan fingerprint density at radius 2 is 2.17 bits per heavy atom. The van der Waals surface area contributed by atoms with Crippen LogP contribution in [0.1, 0.15) is 15.6 Å². The molecule has 0 saturated heterocycles. The predicted octanol–water partition coefficient (Wildman–Crippen LogP) is 2.91. The summed E-state index contributed by atoms with van der Waals surface area (Å²) >= 11 is 1.36. The number of thiazole rings is 1. The number of nitrogens with zero attached hydrogens (tertiary/aromatic N) is 2. The van der Waals surface area contributed by atoms with Gasteiger partial charge in [-0.05, 0) is 19.1 Å². The molecule has 0 amide bonds. The Morgan fingerprint density at radius 1 is 1.39 bits per heavy atom. The summed E-state index contributed by atoms with van der Waals surface area (Å²) in [6, 6.07) is 9.50. The maximum atomic E-state index is 8.85. The molecule has 0 atom stereocenters. The zero-order chi connectivity index (χ0) is 13.0. The highest BCUT2D eigenvalue weighted by atomic mass is 32.1. The zero-order valence-corrected chi connectivity index (χ0v) is 11.0. The van der Waals surface area contributed by atoms with Gasteiger partial charge in [-0.3, -0.25) is 0 Å². The van der Waals surface area contributed by atoms with Crippen molar-refractivity contribution < 1.29 is 9.47 Å². The highest BCUT2D eigenvalue weighted by molar-refractivity contribution is 7.12. The normalized spacial score (nSPS) is 9.83. The molecule has 0 unspecified atom stereocenters. The predicted molar refractivity (Wildman–Crippen MR) is 68.9 cm³/mol. The number of aryl methyl sites for hydroxylation is 1. The SMILES string of the molecule is COc1cccc(OCc2nc(C)c(C#N)s2)c1. The maximum absolute atomic E-state index is 8.85. The Hall–Kier alpha value is -2.06. The van der Waals surface area contributed by atoms with Crippen LogP contribution in [0.3, 0.4) is 0 Å². The molecule has 4 nitrogen and oxygen atoms in total. The standard InChI is InChI=1S/C13H12N2O2S/c1-9-12(7-14)18-13(15-9)8-17-11-5-3-4-10(6-11)16-2/h3-6H,8H2,1-2H3. The molecule has 0 saturated carbocycles. The van der Waals surface area contributed by atoms with Crippen LogP contribution in [-0.2, 0) is 6.61 Å². The summed E-state index contributed by atoms with van der Waals surface area (Å²) in [6.07, 6.45) is 0. The Balaban J connectivity index is 2.04. The molecule has 0 spiro atoms. The zero-order valence-electron chi connectivity index (χ0n) is 10.1. The molecule has 1 aromatic carbocycles. The number of benzene rings is 1. The van der Waals surface area contributed by atoms with Gasteiger partial charge >= 0.3 is 0 Å². The number of methoxy groups -OCH3 is 1. The third kappa shape index (κ3) is 2.79. The van der Waals surface area contributed by atoms with E-state index in [1.54, 1.807) is 7.11 Å². The molecule has 2 rings (SSSR count). The third-order valence-corrected chi connectivity index (χ3v) is 3.38. The van der Waals surface area contributed by atoms with Gasteiger partial charge in [0.1, 0.15) is 34.1 Å². The molecule has 92 valence electrons. The van der Waals surface area contributed by atoms with Crippen LogP contribution in [0.4, 0.5) is 0 Å². The fourth-order valence-electron chi connectivity index (χ4n) is 1.45. The van der Waals surface area contributed by atoms with Crippen LogP contribution in [0.2, 0.25) is 0 Å². The van der Waals surface area contributed by atoms with Gasteiger partial charge in [0.2, 0.25) is 0 Å². The average Bonchev–Trinajstić information content (AvgIpc) is 2.77. The van der Waals surface area contributed by atoms with Crippen molar-refractivity contribution >= 4 is 11.3 Å². The quantitative estimate of drug-likeness (QED) is 0.848. The fraction of sp³-hybridized carbons (Fsp3) is 0.231. The van der Waals surface area contributed by atoms with E-state index < -0.39 is 0 Å². The fourth-order valence-corrected chi connectivity index (χ4v) is 2.23. The van der Waals surface area contributed by atoms with Crippen LogP contribution in [0.5, 0.6) is 11.5 Å². The van der Waals surface area contributed by atoms with Crippen molar-refractivity contribution in [2.75, 3.05) is 7.11 Å². The summed E-state index contributed by atoms with van der Waals surface area (Å²) in [6.45, 7) is 2.18. The van der Waals surface area contributed by atoms with E-state index in [2.05, 4.69) is 11.1 Å². The molecule has 5 heteroatoms. The maximum Gasteiger partial charge on any atom is 0.140 e. The number of hydrogen-bond acceptors (Lipinski definition) is 5. The van der Waals surface area contributed by atoms with Crippen molar-refractivity contribution in [3.05, 3.63) is 39.8 Å². The third-order valence-electron chi connectivity index (χ3n) is 2.35. The van der Waals surface area contributed by atoms with Gasteiger partial charge in [0.15, 0.2) is 0 Å². The van der Waals surface area contributed by atoms with Gasteiger partial charge < -0.3 is 9.47 Å². The lowest BCUT2D eigenvalue weighted by Gasteiger charge is -2.05. The van der Waals surface area contributed by atoms with E-state index in [4.69, 9.17) is 14.7 Å². The lowest BCUT2D eigenvalue weighted by atomic mass is 10.3. The molecule has 1 aromatic heterocycles. The van der Waals surface area contributed by atoms with E-state index in [-0.39, 0.29) is 0 Å². The molecule has 0 fully saturated rings. The van der Waals surface area contributed by atoms with Gasteiger partial charge in [0.05, 0.1) is 12.8 Å². The van der Waals surface area contributed by atoms with Crippen molar-refractivity contribution in [3.8, 4) is 17.6 Å².